The van der Waals surface area contributed by atoms with Crippen molar-refractivity contribution in [2.24, 2.45) is 5.92 Å². The zero-order chi connectivity index (χ0) is 18.4. The van der Waals surface area contributed by atoms with Crippen molar-refractivity contribution in [3.05, 3.63) is 59.1 Å². The molecule has 0 bridgehead atoms. The molecule has 26 heavy (non-hydrogen) atoms. The molecule has 0 unspecified atom stereocenters. The van der Waals surface area contributed by atoms with Crippen LogP contribution in [0.15, 0.2) is 48.5 Å². The third-order valence-corrected chi connectivity index (χ3v) is 4.92. The van der Waals surface area contributed by atoms with Crippen LogP contribution in [0.25, 0.3) is 0 Å². The van der Waals surface area contributed by atoms with E-state index in [2.05, 4.69) is 0 Å². The van der Waals surface area contributed by atoms with Crippen molar-refractivity contribution in [1.82, 2.24) is 4.90 Å². The summed E-state index contributed by atoms with van der Waals surface area (Å²) in [4.78, 5) is 14.3. The van der Waals surface area contributed by atoms with Crippen LogP contribution in [-0.2, 0) is 4.79 Å². The summed E-state index contributed by atoms with van der Waals surface area (Å²) in [5.41, 5.74) is 0.932. The Balaban J connectivity index is 1.40. The minimum Gasteiger partial charge on any atom is -0.493 e. The summed E-state index contributed by atoms with van der Waals surface area (Å²) in [6, 6.07) is 15.3. The molecule has 0 N–H and O–H groups in total. The maximum atomic E-state index is 12.4. The first-order valence-corrected chi connectivity index (χ1v) is 9.34. The van der Waals surface area contributed by atoms with Gasteiger partial charge < -0.3 is 14.4 Å². The number of halogens is 1. The van der Waals surface area contributed by atoms with Gasteiger partial charge in [0.1, 0.15) is 11.5 Å². The normalized spacial score (nSPS) is 14.9. The van der Waals surface area contributed by atoms with Crippen LogP contribution in [0.4, 0.5) is 0 Å². The van der Waals surface area contributed by atoms with Crippen molar-refractivity contribution in [2.75, 3.05) is 26.3 Å². The number of carbonyl (C=O) groups excluding carboxylic acids is 1. The predicted octanol–water partition coefficient (Wildman–Crippen LogP) is 4.34. The van der Waals surface area contributed by atoms with E-state index in [1.54, 1.807) is 12.1 Å². The molecule has 0 atom stereocenters. The molecule has 1 heterocycles. The lowest BCUT2D eigenvalue weighted by atomic mass is 9.98. The molecule has 0 radical (unpaired) electrons. The van der Waals surface area contributed by atoms with Gasteiger partial charge in [-0.25, -0.2) is 0 Å². The summed E-state index contributed by atoms with van der Waals surface area (Å²) in [5, 5.41) is 0.668. The highest BCUT2D eigenvalue weighted by atomic mass is 35.5. The minimum absolute atomic E-state index is 0.0294. The van der Waals surface area contributed by atoms with Gasteiger partial charge in [-0.3, -0.25) is 4.79 Å². The second-order valence-corrected chi connectivity index (χ2v) is 7.08. The van der Waals surface area contributed by atoms with E-state index in [-0.39, 0.29) is 12.5 Å². The molecule has 138 valence electrons. The van der Waals surface area contributed by atoms with Crippen LogP contribution in [0, 0.1) is 12.8 Å². The third-order valence-electron chi connectivity index (χ3n) is 4.68. The fraction of sp³-hybridized carbons (Fsp3) is 0.381. The zero-order valence-corrected chi connectivity index (χ0v) is 15.7. The number of amides is 1. The van der Waals surface area contributed by atoms with Gasteiger partial charge in [0.15, 0.2) is 6.61 Å². The monoisotopic (exact) mass is 373 g/mol. The highest BCUT2D eigenvalue weighted by Crippen LogP contribution is 2.23. The summed E-state index contributed by atoms with van der Waals surface area (Å²) in [6.45, 7) is 4.19. The van der Waals surface area contributed by atoms with E-state index in [1.165, 1.54) is 0 Å². The molecule has 0 aromatic heterocycles. The van der Waals surface area contributed by atoms with E-state index in [0.717, 1.165) is 37.2 Å². The number of carbonyl (C=O) groups is 1. The first-order chi connectivity index (χ1) is 12.6. The Hall–Kier alpha value is -2.20. The van der Waals surface area contributed by atoms with Gasteiger partial charge in [0.25, 0.3) is 5.91 Å². The fourth-order valence-electron chi connectivity index (χ4n) is 3.09. The maximum Gasteiger partial charge on any atom is 0.260 e. The lowest BCUT2D eigenvalue weighted by Crippen LogP contribution is -2.42. The molecule has 0 spiro atoms. The van der Waals surface area contributed by atoms with Crippen LogP contribution in [0.5, 0.6) is 11.5 Å². The van der Waals surface area contributed by atoms with Crippen LogP contribution < -0.4 is 9.47 Å². The number of para-hydroxylation sites is 1. The quantitative estimate of drug-likeness (QED) is 0.755. The van der Waals surface area contributed by atoms with Crippen molar-refractivity contribution in [3.8, 4) is 11.5 Å². The number of ether oxygens (including phenoxy) is 2. The topological polar surface area (TPSA) is 38.8 Å². The van der Waals surface area contributed by atoms with Gasteiger partial charge in [-0.1, -0.05) is 29.8 Å². The molecule has 1 aliphatic heterocycles. The SMILES string of the molecule is Cc1cc(Cl)ccc1OCC(=O)N1CCC(COc2ccccc2)CC1. The van der Waals surface area contributed by atoms with E-state index in [1.807, 2.05) is 48.2 Å². The summed E-state index contributed by atoms with van der Waals surface area (Å²) in [5.74, 6) is 2.12. The Labute approximate surface area is 159 Å². The standard InChI is InChI=1S/C21H24ClNO3/c1-16-13-18(22)7-8-20(16)26-15-21(24)23-11-9-17(10-12-23)14-25-19-5-3-2-4-6-19/h2-8,13,17H,9-12,14-15H2,1H3. The Kier molecular flexibility index (Phi) is 6.40. The maximum absolute atomic E-state index is 12.4. The molecule has 0 saturated carbocycles. The number of rotatable bonds is 6. The minimum atomic E-state index is 0.0294. The average Bonchev–Trinajstić information content (AvgIpc) is 2.67. The largest absolute Gasteiger partial charge is 0.493 e. The lowest BCUT2D eigenvalue weighted by molar-refractivity contribution is -0.134. The number of aryl methyl sites for hydroxylation is 1. The zero-order valence-electron chi connectivity index (χ0n) is 15.0. The first-order valence-electron chi connectivity index (χ1n) is 8.96. The second kappa shape index (κ2) is 8.95. The van der Waals surface area contributed by atoms with Gasteiger partial charge in [-0.15, -0.1) is 0 Å². The van der Waals surface area contributed by atoms with Gasteiger partial charge >= 0.3 is 0 Å². The molecule has 2 aromatic carbocycles. The lowest BCUT2D eigenvalue weighted by Gasteiger charge is -2.31. The Morgan fingerprint density at radius 1 is 1.12 bits per heavy atom. The summed E-state index contributed by atoms with van der Waals surface area (Å²) in [7, 11) is 0. The van der Waals surface area contributed by atoms with Crippen molar-refractivity contribution >= 4 is 17.5 Å². The Morgan fingerprint density at radius 2 is 1.85 bits per heavy atom. The Bertz CT molecular complexity index is 727. The molecule has 2 aromatic rings. The highest BCUT2D eigenvalue weighted by molar-refractivity contribution is 6.30. The molecule has 3 rings (SSSR count). The molecule has 1 amide bonds. The van der Waals surface area contributed by atoms with Crippen LogP contribution in [-0.4, -0.2) is 37.1 Å². The van der Waals surface area contributed by atoms with E-state index in [4.69, 9.17) is 21.1 Å². The van der Waals surface area contributed by atoms with E-state index in [9.17, 15) is 4.79 Å². The number of likely N-dealkylation sites (tertiary alicyclic amines) is 1. The Morgan fingerprint density at radius 3 is 2.54 bits per heavy atom. The van der Waals surface area contributed by atoms with Crippen LogP contribution in [0.2, 0.25) is 5.02 Å². The first kappa shape index (κ1) is 18.6. The molecule has 4 nitrogen and oxygen atoms in total. The average molecular weight is 374 g/mol. The number of hydrogen-bond donors (Lipinski definition) is 0. The number of hydrogen-bond acceptors (Lipinski definition) is 3. The van der Waals surface area contributed by atoms with E-state index < -0.39 is 0 Å². The second-order valence-electron chi connectivity index (χ2n) is 6.65. The number of benzene rings is 2. The van der Waals surface area contributed by atoms with Gasteiger partial charge in [-0.05, 0) is 61.6 Å². The van der Waals surface area contributed by atoms with E-state index in [0.29, 0.717) is 23.3 Å². The molecular formula is C21H24ClNO3. The number of piperidine rings is 1. The molecule has 0 aliphatic carbocycles. The van der Waals surface area contributed by atoms with E-state index >= 15 is 0 Å². The van der Waals surface area contributed by atoms with Gasteiger partial charge in [-0.2, -0.15) is 0 Å². The molecule has 5 heteroatoms. The van der Waals surface area contributed by atoms with Crippen molar-refractivity contribution < 1.29 is 14.3 Å². The van der Waals surface area contributed by atoms with Crippen molar-refractivity contribution in [3.63, 3.8) is 0 Å². The van der Waals surface area contributed by atoms with Crippen molar-refractivity contribution in [2.45, 2.75) is 19.8 Å². The van der Waals surface area contributed by atoms with Gasteiger partial charge in [0.05, 0.1) is 6.61 Å². The molecule has 1 fully saturated rings. The smallest absolute Gasteiger partial charge is 0.260 e. The van der Waals surface area contributed by atoms with Crippen molar-refractivity contribution in [1.29, 1.82) is 0 Å². The molecular weight excluding hydrogens is 350 g/mol. The summed E-state index contributed by atoms with van der Waals surface area (Å²) < 4.78 is 11.5. The summed E-state index contributed by atoms with van der Waals surface area (Å²) in [6.07, 6.45) is 1.91. The fourth-order valence-corrected chi connectivity index (χ4v) is 3.31. The van der Waals surface area contributed by atoms with Gasteiger partial charge in [0.2, 0.25) is 0 Å². The highest BCUT2D eigenvalue weighted by Gasteiger charge is 2.23. The van der Waals surface area contributed by atoms with Crippen LogP contribution >= 0.6 is 11.6 Å². The molecule has 1 aliphatic rings. The summed E-state index contributed by atoms with van der Waals surface area (Å²) >= 11 is 5.94. The van der Waals surface area contributed by atoms with Gasteiger partial charge in [0, 0.05) is 18.1 Å². The van der Waals surface area contributed by atoms with Crippen LogP contribution in [0.1, 0.15) is 18.4 Å². The molecule has 1 saturated heterocycles. The predicted molar refractivity (Wildman–Crippen MR) is 103 cm³/mol. The number of nitrogens with zero attached hydrogens (tertiary/aromatic N) is 1. The van der Waals surface area contributed by atoms with Crippen LogP contribution in [0.3, 0.4) is 0 Å². The third kappa shape index (κ3) is 5.15.